The van der Waals surface area contributed by atoms with E-state index in [1.165, 1.54) is 10.6 Å². The highest BCUT2D eigenvalue weighted by molar-refractivity contribution is 7.88. The largest absolute Gasteiger partial charge is 0.495 e. The Morgan fingerprint density at radius 2 is 1.93 bits per heavy atom. The van der Waals surface area contributed by atoms with Gasteiger partial charge in [-0.1, -0.05) is 35.9 Å². The molecule has 0 saturated heterocycles. The smallest absolute Gasteiger partial charge is 0.227 e. The molecule has 0 aliphatic heterocycles. The van der Waals surface area contributed by atoms with E-state index < -0.39 is 10.0 Å². The van der Waals surface area contributed by atoms with Crippen molar-refractivity contribution < 1.29 is 17.9 Å². The second-order valence-corrected chi connectivity index (χ2v) is 13.4. The van der Waals surface area contributed by atoms with Gasteiger partial charge in [-0.3, -0.25) is 4.79 Å². The van der Waals surface area contributed by atoms with Gasteiger partial charge in [0.2, 0.25) is 16.0 Å². The van der Waals surface area contributed by atoms with Gasteiger partial charge in [0.05, 0.1) is 42.0 Å². The molecule has 1 aliphatic carbocycles. The Labute approximate surface area is 247 Å². The van der Waals surface area contributed by atoms with Crippen LogP contribution in [0.15, 0.2) is 42.6 Å². The lowest BCUT2D eigenvalue weighted by atomic mass is 9.95. The predicted molar refractivity (Wildman–Crippen MR) is 163 cm³/mol. The molecular weight excluding hydrogens is 562 g/mol. The molecule has 0 saturated carbocycles. The number of anilines is 2. The zero-order chi connectivity index (χ0) is 29.9. The molecule has 1 N–H and O–H groups in total. The standard InChI is InChI=1S/C30H38ClN5O4S/c1-19-14-26(28(40-5)17-23(19)27(37)12-9-13-35(2)3)34-30-32-18-24(31)25(33-30)16-21-15-20-10-7-8-11-22(20)29(21)36(4)41(6,38)39/h7-8,10-11,14,17-18,21,29H,9,12-13,15-16H2,1-6H3,(H,32,33,34)/t21-,29-/m0/s1. The molecule has 1 aromatic heterocycles. The number of nitrogens with zero attached hydrogens (tertiary/aromatic N) is 4. The highest BCUT2D eigenvalue weighted by Gasteiger charge is 2.38. The Morgan fingerprint density at radius 1 is 1.20 bits per heavy atom. The highest BCUT2D eigenvalue weighted by Crippen LogP contribution is 2.43. The number of methoxy groups -OCH3 is 1. The molecule has 41 heavy (non-hydrogen) atoms. The van der Waals surface area contributed by atoms with Gasteiger partial charge in [-0.15, -0.1) is 0 Å². The number of carbonyl (C=O) groups excluding carboxylic acids is 1. The van der Waals surface area contributed by atoms with E-state index in [0.717, 1.165) is 29.7 Å². The normalized spacial score (nSPS) is 16.7. The molecule has 3 aromatic rings. The van der Waals surface area contributed by atoms with Gasteiger partial charge in [0.1, 0.15) is 5.75 Å². The molecular formula is C30H38ClN5O4S. The highest BCUT2D eigenvalue weighted by atomic mass is 35.5. The number of hydrogen-bond donors (Lipinski definition) is 1. The molecule has 0 spiro atoms. The second-order valence-electron chi connectivity index (χ2n) is 10.9. The Hall–Kier alpha value is -3.05. The van der Waals surface area contributed by atoms with Gasteiger partial charge in [-0.2, -0.15) is 4.31 Å². The first-order valence-electron chi connectivity index (χ1n) is 13.5. The van der Waals surface area contributed by atoms with E-state index >= 15 is 0 Å². The number of benzene rings is 2. The number of hydrogen-bond acceptors (Lipinski definition) is 8. The summed E-state index contributed by atoms with van der Waals surface area (Å²) in [7, 11) is 3.72. The van der Waals surface area contributed by atoms with Crippen LogP contribution in [0.5, 0.6) is 5.75 Å². The molecule has 0 amide bonds. The molecule has 9 nitrogen and oxygen atoms in total. The van der Waals surface area contributed by atoms with E-state index in [9.17, 15) is 13.2 Å². The maximum absolute atomic E-state index is 12.9. The number of halogens is 1. The Bertz CT molecular complexity index is 1530. The van der Waals surface area contributed by atoms with Gasteiger partial charge < -0.3 is 15.0 Å². The van der Waals surface area contributed by atoms with Crippen molar-refractivity contribution in [3.05, 3.63) is 75.6 Å². The van der Waals surface area contributed by atoms with Crippen molar-refractivity contribution in [2.24, 2.45) is 5.92 Å². The Morgan fingerprint density at radius 3 is 2.61 bits per heavy atom. The lowest BCUT2D eigenvalue weighted by Crippen LogP contribution is -2.33. The van der Waals surface area contributed by atoms with Gasteiger partial charge in [-0.25, -0.2) is 18.4 Å². The van der Waals surface area contributed by atoms with Crippen molar-refractivity contribution in [1.82, 2.24) is 19.2 Å². The van der Waals surface area contributed by atoms with Gasteiger partial charge in [0, 0.05) is 19.0 Å². The summed E-state index contributed by atoms with van der Waals surface area (Å²) in [6.45, 7) is 2.74. The van der Waals surface area contributed by atoms with E-state index in [1.807, 2.05) is 51.4 Å². The maximum atomic E-state index is 12.9. The number of aryl methyl sites for hydroxylation is 1. The molecule has 1 heterocycles. The lowest BCUT2D eigenvalue weighted by Gasteiger charge is -2.28. The first-order chi connectivity index (χ1) is 19.4. The second kappa shape index (κ2) is 12.9. The average molecular weight is 600 g/mol. The van der Waals surface area contributed by atoms with Crippen molar-refractivity contribution >= 4 is 39.0 Å². The molecule has 11 heteroatoms. The summed E-state index contributed by atoms with van der Waals surface area (Å²) in [5.74, 6) is 0.857. The average Bonchev–Trinajstić information content (AvgIpc) is 3.27. The molecule has 4 rings (SSSR count). The lowest BCUT2D eigenvalue weighted by molar-refractivity contribution is 0.0976. The summed E-state index contributed by atoms with van der Waals surface area (Å²) < 4.78 is 32.1. The van der Waals surface area contributed by atoms with Crippen LogP contribution in [-0.4, -0.2) is 74.4 Å². The van der Waals surface area contributed by atoms with E-state index in [0.29, 0.717) is 52.9 Å². The molecule has 0 bridgehead atoms. The van der Waals surface area contributed by atoms with Crippen LogP contribution in [0, 0.1) is 12.8 Å². The van der Waals surface area contributed by atoms with E-state index in [1.54, 1.807) is 26.4 Å². The van der Waals surface area contributed by atoms with E-state index in [-0.39, 0.29) is 17.7 Å². The zero-order valence-electron chi connectivity index (χ0n) is 24.4. The topological polar surface area (TPSA) is 105 Å². The van der Waals surface area contributed by atoms with Gasteiger partial charge >= 0.3 is 0 Å². The number of ether oxygens (including phenoxy) is 1. The third-order valence-corrected chi connectivity index (χ3v) is 9.18. The van der Waals surface area contributed by atoms with Crippen LogP contribution in [0.4, 0.5) is 11.6 Å². The third-order valence-electron chi connectivity index (χ3n) is 7.59. The summed E-state index contributed by atoms with van der Waals surface area (Å²) in [6, 6.07) is 11.2. The summed E-state index contributed by atoms with van der Waals surface area (Å²) in [5.41, 5.74) is 4.84. The fraction of sp³-hybridized carbons (Fsp3) is 0.433. The summed E-state index contributed by atoms with van der Waals surface area (Å²) in [4.78, 5) is 24.0. The number of nitrogens with one attached hydrogen (secondary N) is 1. The molecule has 2 aromatic carbocycles. The molecule has 2 atom stereocenters. The van der Waals surface area contributed by atoms with Crippen LogP contribution in [0.3, 0.4) is 0 Å². The fourth-order valence-corrected chi connectivity index (χ4v) is 6.33. The number of rotatable bonds is 12. The number of fused-ring (bicyclic) bond motifs is 1. The quantitative estimate of drug-likeness (QED) is 0.288. The van der Waals surface area contributed by atoms with Crippen LogP contribution in [0.1, 0.15) is 51.6 Å². The zero-order valence-corrected chi connectivity index (χ0v) is 26.0. The molecule has 0 fully saturated rings. The van der Waals surface area contributed by atoms with Crippen molar-refractivity contribution in [1.29, 1.82) is 0 Å². The van der Waals surface area contributed by atoms with Crippen LogP contribution in [0.2, 0.25) is 5.02 Å². The monoisotopic (exact) mass is 599 g/mol. The van der Waals surface area contributed by atoms with Crippen molar-refractivity contribution in [3.8, 4) is 5.75 Å². The predicted octanol–water partition coefficient (Wildman–Crippen LogP) is 5.06. The minimum Gasteiger partial charge on any atom is -0.495 e. The van der Waals surface area contributed by atoms with Crippen molar-refractivity contribution in [3.63, 3.8) is 0 Å². The summed E-state index contributed by atoms with van der Waals surface area (Å²) in [5, 5.41) is 3.64. The first kappa shape index (κ1) is 30.9. The number of aromatic nitrogens is 2. The maximum Gasteiger partial charge on any atom is 0.227 e. The number of ketones is 1. The Balaban J connectivity index is 1.57. The molecule has 0 unspecified atom stereocenters. The van der Waals surface area contributed by atoms with Crippen LogP contribution in [0.25, 0.3) is 0 Å². The van der Waals surface area contributed by atoms with Crippen LogP contribution in [-0.2, 0) is 22.9 Å². The third kappa shape index (κ3) is 7.24. The molecule has 220 valence electrons. The summed E-state index contributed by atoms with van der Waals surface area (Å²) >= 11 is 6.56. The van der Waals surface area contributed by atoms with Crippen molar-refractivity contribution in [2.45, 2.75) is 38.6 Å². The van der Waals surface area contributed by atoms with E-state index in [4.69, 9.17) is 21.3 Å². The van der Waals surface area contributed by atoms with Crippen LogP contribution < -0.4 is 10.1 Å². The number of carbonyl (C=O) groups is 1. The Kier molecular flexibility index (Phi) is 9.69. The summed E-state index contributed by atoms with van der Waals surface area (Å²) in [6.07, 6.45) is 5.18. The number of Topliss-reactive ketones (excluding diaryl/α,β-unsaturated/α-hetero) is 1. The van der Waals surface area contributed by atoms with E-state index in [2.05, 4.69) is 15.2 Å². The molecule has 0 radical (unpaired) electrons. The molecule has 1 aliphatic rings. The van der Waals surface area contributed by atoms with Crippen LogP contribution >= 0.6 is 11.6 Å². The van der Waals surface area contributed by atoms with Gasteiger partial charge in [0.15, 0.2) is 5.78 Å². The van der Waals surface area contributed by atoms with Gasteiger partial charge in [-0.05, 0) is 81.6 Å². The minimum absolute atomic E-state index is 0.0538. The van der Waals surface area contributed by atoms with Crippen molar-refractivity contribution in [2.75, 3.05) is 46.4 Å². The SMILES string of the molecule is COc1cc(C(=O)CCCN(C)C)c(C)cc1Nc1ncc(Cl)c(C[C@@H]2Cc3ccccc3[C@H]2N(C)S(C)(=O)=O)n1. The fourth-order valence-electron chi connectivity index (χ4n) is 5.46. The minimum atomic E-state index is -3.43. The first-order valence-corrected chi connectivity index (χ1v) is 15.8. The van der Waals surface area contributed by atoms with Gasteiger partial charge in [0.25, 0.3) is 0 Å². The number of sulfonamides is 1.